The highest BCUT2D eigenvalue weighted by molar-refractivity contribution is 5.92. The molecule has 2 aliphatic carbocycles. The first-order valence-electron chi connectivity index (χ1n) is 7.42. The van der Waals surface area contributed by atoms with Crippen LogP contribution in [0.25, 0.3) is 0 Å². The molecule has 0 N–H and O–H groups in total. The van der Waals surface area contributed by atoms with Gasteiger partial charge in [0.1, 0.15) is 17.6 Å². The molecule has 1 spiro atoms. The average molecular weight is 258 g/mol. The zero-order chi connectivity index (χ0) is 13.5. The van der Waals surface area contributed by atoms with Gasteiger partial charge in [0.15, 0.2) is 0 Å². The summed E-state index contributed by atoms with van der Waals surface area (Å²) < 4.78 is 6.07. The number of hydrogen-bond donors (Lipinski definition) is 0. The van der Waals surface area contributed by atoms with Crippen LogP contribution in [-0.2, 0) is 4.79 Å². The molecule has 0 heterocycles. The van der Waals surface area contributed by atoms with Gasteiger partial charge in [0.25, 0.3) is 0 Å². The molecule has 1 unspecified atom stereocenters. The third-order valence-corrected chi connectivity index (χ3v) is 4.86. The standard InChI is InChI=1S/C17H22O2/c1-12(2)13-5-7-14(8-6-13)19-16-11-15(18)17(16)9-3-4-10-17/h5-8,12,16H,3-4,9-11H2,1-2H3. The van der Waals surface area contributed by atoms with Gasteiger partial charge in [-0.05, 0) is 36.5 Å². The Morgan fingerprint density at radius 2 is 1.79 bits per heavy atom. The lowest BCUT2D eigenvalue weighted by molar-refractivity contribution is -0.151. The number of ketones is 1. The topological polar surface area (TPSA) is 26.3 Å². The van der Waals surface area contributed by atoms with Crippen LogP contribution in [0.5, 0.6) is 5.75 Å². The largest absolute Gasteiger partial charge is 0.489 e. The number of rotatable bonds is 3. The van der Waals surface area contributed by atoms with E-state index in [-0.39, 0.29) is 11.5 Å². The molecule has 0 radical (unpaired) electrons. The van der Waals surface area contributed by atoms with Gasteiger partial charge in [-0.3, -0.25) is 4.79 Å². The summed E-state index contributed by atoms with van der Waals surface area (Å²) in [5.41, 5.74) is 1.20. The summed E-state index contributed by atoms with van der Waals surface area (Å²) >= 11 is 0. The Balaban J connectivity index is 1.70. The molecule has 2 heteroatoms. The van der Waals surface area contributed by atoms with E-state index in [9.17, 15) is 4.79 Å². The third kappa shape index (κ3) is 2.07. The van der Waals surface area contributed by atoms with Crippen molar-refractivity contribution in [3.63, 3.8) is 0 Å². The predicted octanol–water partition coefficient (Wildman–Crippen LogP) is 4.09. The molecular weight excluding hydrogens is 236 g/mol. The fourth-order valence-corrected chi connectivity index (χ4v) is 3.47. The van der Waals surface area contributed by atoms with E-state index in [1.54, 1.807) is 0 Å². The second-order valence-electron chi connectivity index (χ2n) is 6.32. The van der Waals surface area contributed by atoms with Crippen LogP contribution in [0.1, 0.15) is 57.4 Å². The first-order chi connectivity index (χ1) is 9.12. The molecule has 0 saturated heterocycles. The van der Waals surface area contributed by atoms with Crippen molar-refractivity contribution >= 4 is 5.78 Å². The third-order valence-electron chi connectivity index (χ3n) is 4.86. The molecule has 2 saturated carbocycles. The minimum absolute atomic E-state index is 0.118. The van der Waals surface area contributed by atoms with Crippen LogP contribution in [0.15, 0.2) is 24.3 Å². The number of carbonyl (C=O) groups excluding carboxylic acids is 1. The Labute approximate surface area is 115 Å². The minimum Gasteiger partial charge on any atom is -0.489 e. The highest BCUT2D eigenvalue weighted by atomic mass is 16.5. The molecule has 1 aromatic rings. The van der Waals surface area contributed by atoms with Gasteiger partial charge >= 0.3 is 0 Å². The molecule has 0 bridgehead atoms. The van der Waals surface area contributed by atoms with Crippen molar-refractivity contribution in [2.75, 3.05) is 0 Å². The summed E-state index contributed by atoms with van der Waals surface area (Å²) in [7, 11) is 0. The van der Waals surface area contributed by atoms with E-state index in [0.29, 0.717) is 18.1 Å². The van der Waals surface area contributed by atoms with Crippen LogP contribution in [0.2, 0.25) is 0 Å². The maximum Gasteiger partial charge on any atom is 0.146 e. The Kier molecular flexibility index (Phi) is 3.12. The highest BCUT2D eigenvalue weighted by Gasteiger charge is 2.57. The lowest BCUT2D eigenvalue weighted by Gasteiger charge is -2.44. The van der Waals surface area contributed by atoms with Crippen molar-refractivity contribution < 1.29 is 9.53 Å². The van der Waals surface area contributed by atoms with E-state index in [2.05, 4.69) is 26.0 Å². The fourth-order valence-electron chi connectivity index (χ4n) is 3.47. The maximum absolute atomic E-state index is 11.9. The molecule has 1 aromatic carbocycles. The summed E-state index contributed by atoms with van der Waals surface area (Å²) in [6.45, 7) is 4.38. The van der Waals surface area contributed by atoms with Crippen LogP contribution in [0.4, 0.5) is 0 Å². The summed E-state index contributed by atoms with van der Waals surface area (Å²) in [4.78, 5) is 11.9. The SMILES string of the molecule is CC(C)c1ccc(OC2CC(=O)C23CCCC3)cc1. The molecule has 2 fully saturated rings. The van der Waals surface area contributed by atoms with Crippen molar-refractivity contribution in [3.05, 3.63) is 29.8 Å². The van der Waals surface area contributed by atoms with Gasteiger partial charge in [-0.1, -0.05) is 38.8 Å². The first kappa shape index (κ1) is 12.7. The van der Waals surface area contributed by atoms with E-state index < -0.39 is 0 Å². The van der Waals surface area contributed by atoms with E-state index in [1.165, 1.54) is 18.4 Å². The van der Waals surface area contributed by atoms with Gasteiger partial charge in [0, 0.05) is 6.42 Å². The minimum atomic E-state index is -0.128. The number of ether oxygens (including phenoxy) is 1. The normalized spacial score (nSPS) is 24.8. The predicted molar refractivity (Wildman–Crippen MR) is 75.5 cm³/mol. The molecule has 2 nitrogen and oxygen atoms in total. The molecule has 0 aromatic heterocycles. The van der Waals surface area contributed by atoms with E-state index in [0.717, 1.165) is 18.6 Å². The van der Waals surface area contributed by atoms with E-state index >= 15 is 0 Å². The van der Waals surface area contributed by atoms with Crippen molar-refractivity contribution in [1.29, 1.82) is 0 Å². The first-order valence-corrected chi connectivity index (χ1v) is 7.42. The number of benzene rings is 1. The van der Waals surface area contributed by atoms with Crippen molar-refractivity contribution in [2.45, 2.75) is 58.0 Å². The second kappa shape index (κ2) is 4.66. The Hall–Kier alpha value is -1.31. The Morgan fingerprint density at radius 1 is 1.16 bits per heavy atom. The Bertz CT molecular complexity index is 467. The molecule has 2 aliphatic rings. The molecule has 0 amide bonds. The van der Waals surface area contributed by atoms with Crippen LogP contribution >= 0.6 is 0 Å². The summed E-state index contributed by atoms with van der Waals surface area (Å²) in [6.07, 6.45) is 5.13. The van der Waals surface area contributed by atoms with Gasteiger partial charge in [-0.15, -0.1) is 0 Å². The molecule has 3 rings (SSSR count). The maximum atomic E-state index is 11.9. The van der Waals surface area contributed by atoms with Gasteiger partial charge in [0.05, 0.1) is 5.41 Å². The van der Waals surface area contributed by atoms with Gasteiger partial charge < -0.3 is 4.74 Å². The van der Waals surface area contributed by atoms with Crippen LogP contribution in [-0.4, -0.2) is 11.9 Å². The number of Topliss-reactive ketones (excluding diaryl/α,β-unsaturated/α-hetero) is 1. The van der Waals surface area contributed by atoms with E-state index in [1.807, 2.05) is 12.1 Å². The lowest BCUT2D eigenvalue weighted by atomic mass is 9.63. The zero-order valence-corrected chi connectivity index (χ0v) is 11.8. The van der Waals surface area contributed by atoms with Crippen molar-refractivity contribution in [3.8, 4) is 5.75 Å². The van der Waals surface area contributed by atoms with Crippen LogP contribution < -0.4 is 4.74 Å². The van der Waals surface area contributed by atoms with Crippen molar-refractivity contribution in [2.24, 2.45) is 5.41 Å². The van der Waals surface area contributed by atoms with Gasteiger partial charge in [0.2, 0.25) is 0 Å². The number of carbonyl (C=O) groups is 1. The second-order valence-corrected chi connectivity index (χ2v) is 6.32. The van der Waals surface area contributed by atoms with Gasteiger partial charge in [-0.25, -0.2) is 0 Å². The lowest BCUT2D eigenvalue weighted by Crippen LogP contribution is -2.55. The Morgan fingerprint density at radius 3 is 2.32 bits per heavy atom. The molecular formula is C17H22O2. The van der Waals surface area contributed by atoms with Crippen LogP contribution in [0, 0.1) is 5.41 Å². The zero-order valence-electron chi connectivity index (χ0n) is 11.8. The smallest absolute Gasteiger partial charge is 0.146 e. The van der Waals surface area contributed by atoms with Crippen molar-refractivity contribution in [1.82, 2.24) is 0 Å². The molecule has 19 heavy (non-hydrogen) atoms. The quantitative estimate of drug-likeness (QED) is 0.816. The van der Waals surface area contributed by atoms with E-state index in [4.69, 9.17) is 4.74 Å². The summed E-state index contributed by atoms with van der Waals surface area (Å²) in [5, 5.41) is 0. The molecule has 1 atom stereocenters. The monoisotopic (exact) mass is 258 g/mol. The highest BCUT2D eigenvalue weighted by Crippen LogP contribution is 2.51. The van der Waals surface area contributed by atoms with Gasteiger partial charge in [-0.2, -0.15) is 0 Å². The molecule has 0 aliphatic heterocycles. The average Bonchev–Trinajstić information content (AvgIpc) is 2.91. The number of hydrogen-bond acceptors (Lipinski definition) is 2. The fraction of sp³-hybridized carbons (Fsp3) is 0.588. The summed E-state index contributed by atoms with van der Waals surface area (Å²) in [6, 6.07) is 8.34. The van der Waals surface area contributed by atoms with Crippen LogP contribution in [0.3, 0.4) is 0 Å². The summed E-state index contributed by atoms with van der Waals surface area (Å²) in [5.74, 6) is 1.88. The molecule has 102 valence electrons.